The van der Waals surface area contributed by atoms with Crippen LogP contribution >= 0.6 is 0 Å². The number of unbranched alkanes of at least 4 members (excludes halogenated alkanes) is 34. The zero-order valence-electron chi connectivity index (χ0n) is 40.2. The molecule has 0 aliphatic carbocycles. The van der Waals surface area contributed by atoms with Crippen molar-refractivity contribution in [1.29, 1.82) is 0 Å². The van der Waals surface area contributed by atoms with E-state index in [0.29, 0.717) is 19.3 Å². The molecule has 59 heavy (non-hydrogen) atoms. The molecule has 2 atom stereocenters. The highest BCUT2D eigenvalue weighted by Crippen LogP contribution is 2.18. The average molecular weight is 835 g/mol. The molecule has 6 nitrogen and oxygen atoms in total. The van der Waals surface area contributed by atoms with E-state index >= 15 is 0 Å². The van der Waals surface area contributed by atoms with E-state index < -0.39 is 6.10 Å². The molecule has 0 aromatic rings. The quantitative estimate of drug-likeness (QED) is 0.0345. The van der Waals surface area contributed by atoms with Gasteiger partial charge < -0.3 is 14.2 Å². The number of esters is 3. The maximum absolute atomic E-state index is 12.8. The van der Waals surface area contributed by atoms with E-state index in [0.717, 1.165) is 63.7 Å². The first-order chi connectivity index (χ1) is 28.9. The lowest BCUT2D eigenvalue weighted by atomic mass is 9.99. The van der Waals surface area contributed by atoms with Crippen LogP contribution in [-0.2, 0) is 28.6 Å². The fraction of sp³-hybridized carbons (Fsp3) is 0.943. The van der Waals surface area contributed by atoms with Crippen molar-refractivity contribution in [1.82, 2.24) is 0 Å². The number of rotatable bonds is 48. The van der Waals surface area contributed by atoms with Gasteiger partial charge in [0.25, 0.3) is 0 Å². The summed E-state index contributed by atoms with van der Waals surface area (Å²) >= 11 is 0. The van der Waals surface area contributed by atoms with Gasteiger partial charge in [0, 0.05) is 19.3 Å². The number of ether oxygens (including phenoxy) is 3. The minimum absolute atomic E-state index is 0.0628. The van der Waals surface area contributed by atoms with Crippen molar-refractivity contribution in [2.75, 3.05) is 13.2 Å². The van der Waals surface area contributed by atoms with Crippen LogP contribution in [0.5, 0.6) is 0 Å². The normalized spacial score (nSPS) is 12.4. The Hall–Kier alpha value is -1.59. The molecule has 0 radical (unpaired) electrons. The smallest absolute Gasteiger partial charge is 0.306 e. The second-order valence-electron chi connectivity index (χ2n) is 18.4. The van der Waals surface area contributed by atoms with E-state index in [1.165, 1.54) is 193 Å². The van der Waals surface area contributed by atoms with Crippen LogP contribution in [0.1, 0.15) is 297 Å². The van der Waals surface area contributed by atoms with Crippen molar-refractivity contribution >= 4 is 17.9 Å². The summed E-state index contributed by atoms with van der Waals surface area (Å²) < 4.78 is 16.8. The maximum Gasteiger partial charge on any atom is 0.306 e. The highest BCUT2D eigenvalue weighted by Gasteiger charge is 2.19. The molecule has 0 saturated heterocycles. The van der Waals surface area contributed by atoms with Crippen LogP contribution in [0.25, 0.3) is 0 Å². The monoisotopic (exact) mass is 835 g/mol. The summed E-state index contributed by atoms with van der Waals surface area (Å²) in [6, 6.07) is 0. The predicted molar refractivity (Wildman–Crippen MR) is 252 cm³/mol. The first-order valence-corrected chi connectivity index (χ1v) is 26.4. The van der Waals surface area contributed by atoms with Crippen LogP contribution in [0.4, 0.5) is 0 Å². The van der Waals surface area contributed by atoms with Crippen molar-refractivity contribution in [2.24, 2.45) is 5.92 Å². The van der Waals surface area contributed by atoms with E-state index in [1.807, 2.05) is 0 Å². The topological polar surface area (TPSA) is 78.9 Å². The van der Waals surface area contributed by atoms with Crippen LogP contribution in [0.3, 0.4) is 0 Å². The van der Waals surface area contributed by atoms with Crippen LogP contribution in [0, 0.1) is 5.92 Å². The fourth-order valence-corrected chi connectivity index (χ4v) is 8.01. The molecular weight excluding hydrogens is 733 g/mol. The lowest BCUT2D eigenvalue weighted by Crippen LogP contribution is -2.30. The van der Waals surface area contributed by atoms with Crippen molar-refractivity contribution in [2.45, 2.75) is 303 Å². The van der Waals surface area contributed by atoms with Gasteiger partial charge in [0.2, 0.25) is 0 Å². The molecule has 0 bridgehead atoms. The van der Waals surface area contributed by atoms with Crippen molar-refractivity contribution in [3.63, 3.8) is 0 Å². The Balaban J connectivity index is 4.27. The molecule has 0 N–H and O–H groups in total. The Morgan fingerprint density at radius 2 is 0.593 bits per heavy atom. The van der Waals surface area contributed by atoms with Gasteiger partial charge in [-0.25, -0.2) is 0 Å². The van der Waals surface area contributed by atoms with Gasteiger partial charge in [-0.3, -0.25) is 14.4 Å². The molecule has 0 aromatic heterocycles. The van der Waals surface area contributed by atoms with Gasteiger partial charge in [0.15, 0.2) is 6.10 Å². The molecule has 1 unspecified atom stereocenters. The molecule has 350 valence electrons. The molecule has 0 aliphatic heterocycles. The van der Waals surface area contributed by atoms with Gasteiger partial charge in [-0.1, -0.05) is 259 Å². The fourth-order valence-electron chi connectivity index (χ4n) is 8.01. The number of carbonyl (C=O) groups excluding carboxylic acids is 3. The summed E-state index contributed by atoms with van der Waals surface area (Å²) in [6.45, 7) is 9.04. The third-order valence-corrected chi connectivity index (χ3v) is 12.4. The molecular formula is C53H102O6. The van der Waals surface area contributed by atoms with E-state index in [4.69, 9.17) is 14.2 Å². The summed E-state index contributed by atoms with van der Waals surface area (Å²) in [6.07, 6.45) is 49.4. The minimum atomic E-state index is -0.760. The van der Waals surface area contributed by atoms with Gasteiger partial charge in [0.1, 0.15) is 13.2 Å². The first kappa shape index (κ1) is 57.4. The minimum Gasteiger partial charge on any atom is -0.462 e. The zero-order chi connectivity index (χ0) is 43.1. The molecule has 0 amide bonds. The average Bonchev–Trinajstić information content (AvgIpc) is 3.23. The van der Waals surface area contributed by atoms with E-state index in [-0.39, 0.29) is 31.1 Å². The number of hydrogen-bond acceptors (Lipinski definition) is 6. The summed E-state index contributed by atoms with van der Waals surface area (Å²) in [5.74, 6) is 0.0224. The largest absolute Gasteiger partial charge is 0.462 e. The SMILES string of the molecule is CCCCCCCCCCCCCCCCCCCC(=O)OC[C@@H](COC(=O)CCCCCCCCCCCC)OC(=O)CCCCCCCCCCCCC(C)CC. The van der Waals surface area contributed by atoms with Gasteiger partial charge in [-0.05, 0) is 25.2 Å². The first-order valence-electron chi connectivity index (χ1n) is 26.4. The number of hydrogen-bond donors (Lipinski definition) is 0. The van der Waals surface area contributed by atoms with E-state index in [2.05, 4.69) is 27.7 Å². The second-order valence-corrected chi connectivity index (χ2v) is 18.4. The molecule has 0 fully saturated rings. The predicted octanol–water partition coefficient (Wildman–Crippen LogP) is 17.1. The Kier molecular flexibility index (Phi) is 46.2. The van der Waals surface area contributed by atoms with Crippen LogP contribution in [0.15, 0.2) is 0 Å². The van der Waals surface area contributed by atoms with Crippen LogP contribution in [0.2, 0.25) is 0 Å². The molecule has 0 aliphatic rings. The van der Waals surface area contributed by atoms with E-state index in [9.17, 15) is 14.4 Å². The Bertz CT molecular complexity index is 889. The Morgan fingerprint density at radius 3 is 0.881 bits per heavy atom. The van der Waals surface area contributed by atoms with Gasteiger partial charge in [-0.15, -0.1) is 0 Å². The molecule has 6 heteroatoms. The van der Waals surface area contributed by atoms with E-state index in [1.54, 1.807) is 0 Å². The maximum atomic E-state index is 12.8. The molecule has 0 rings (SSSR count). The molecule has 0 heterocycles. The van der Waals surface area contributed by atoms with Crippen LogP contribution in [-0.4, -0.2) is 37.2 Å². The highest BCUT2D eigenvalue weighted by molar-refractivity contribution is 5.71. The zero-order valence-corrected chi connectivity index (χ0v) is 40.2. The van der Waals surface area contributed by atoms with Gasteiger partial charge in [0.05, 0.1) is 0 Å². The van der Waals surface area contributed by atoms with Crippen LogP contribution < -0.4 is 0 Å². The van der Waals surface area contributed by atoms with Crippen molar-refractivity contribution in [3.8, 4) is 0 Å². The lowest BCUT2D eigenvalue weighted by Gasteiger charge is -2.18. The summed E-state index contributed by atoms with van der Waals surface area (Å²) in [4.78, 5) is 37.9. The standard InChI is InChI=1S/C53H102O6/c1-5-8-10-12-14-16-18-19-20-21-22-23-24-29-33-37-41-45-52(55)58-48-50(47-57-51(54)44-40-36-32-28-17-15-13-11-9-6-2)59-53(56)46-42-38-34-30-26-25-27-31-35-39-43-49(4)7-3/h49-50H,5-48H2,1-4H3/t49?,50-/m1/s1. The molecule has 0 saturated carbocycles. The lowest BCUT2D eigenvalue weighted by molar-refractivity contribution is -0.167. The third-order valence-electron chi connectivity index (χ3n) is 12.4. The van der Waals surface area contributed by atoms with Gasteiger partial charge >= 0.3 is 17.9 Å². The van der Waals surface area contributed by atoms with Crippen molar-refractivity contribution < 1.29 is 28.6 Å². The van der Waals surface area contributed by atoms with Crippen molar-refractivity contribution in [3.05, 3.63) is 0 Å². The summed E-state index contributed by atoms with van der Waals surface area (Å²) in [7, 11) is 0. The second kappa shape index (κ2) is 47.5. The Morgan fingerprint density at radius 1 is 0.339 bits per heavy atom. The molecule has 0 aromatic carbocycles. The number of carbonyl (C=O) groups is 3. The molecule has 0 spiro atoms. The summed E-state index contributed by atoms with van der Waals surface area (Å²) in [5, 5.41) is 0. The third kappa shape index (κ3) is 45.8. The Labute approximate surface area is 368 Å². The highest BCUT2D eigenvalue weighted by atomic mass is 16.6. The van der Waals surface area contributed by atoms with Gasteiger partial charge in [-0.2, -0.15) is 0 Å². The summed E-state index contributed by atoms with van der Waals surface area (Å²) in [5.41, 5.74) is 0.